The van der Waals surface area contributed by atoms with Crippen LogP contribution in [0.2, 0.25) is 0 Å². The number of pyridine rings is 1. The molecule has 1 fully saturated rings. The first-order valence-electron chi connectivity index (χ1n) is 11.8. The third-order valence-corrected chi connectivity index (χ3v) is 6.48. The highest BCUT2D eigenvalue weighted by Gasteiger charge is 2.33. The number of methoxy groups -OCH3 is 1. The molecule has 1 aliphatic rings. The maximum absolute atomic E-state index is 12.9. The molecule has 0 aliphatic carbocycles. The van der Waals surface area contributed by atoms with E-state index in [1.807, 2.05) is 54.6 Å². The third-order valence-electron chi connectivity index (χ3n) is 6.48. The summed E-state index contributed by atoms with van der Waals surface area (Å²) in [6.07, 6.45) is 5.44. The van der Waals surface area contributed by atoms with Gasteiger partial charge in [-0.25, -0.2) is 4.79 Å². The molecule has 3 aromatic rings. The van der Waals surface area contributed by atoms with Gasteiger partial charge in [0, 0.05) is 43.6 Å². The Kier molecular flexibility index (Phi) is 7.90. The van der Waals surface area contributed by atoms with Crippen LogP contribution in [0.3, 0.4) is 0 Å². The molecule has 0 spiro atoms. The van der Waals surface area contributed by atoms with E-state index in [9.17, 15) is 14.7 Å². The summed E-state index contributed by atoms with van der Waals surface area (Å²) >= 11 is 0. The Bertz CT molecular complexity index is 1140. The Labute approximate surface area is 205 Å². The van der Waals surface area contributed by atoms with Crippen LogP contribution in [0, 0.1) is 0 Å². The number of carbonyl (C=O) groups is 2. The number of aliphatic hydroxyl groups excluding tert-OH is 1. The number of nitrogens with zero attached hydrogens (tertiary/aromatic N) is 2. The van der Waals surface area contributed by atoms with Gasteiger partial charge in [-0.15, -0.1) is 0 Å². The second-order valence-electron chi connectivity index (χ2n) is 9.03. The molecule has 0 saturated carbocycles. The number of hydrogen-bond acceptors (Lipinski definition) is 6. The summed E-state index contributed by atoms with van der Waals surface area (Å²) < 4.78 is 4.73. The predicted molar refractivity (Wildman–Crippen MR) is 133 cm³/mol. The summed E-state index contributed by atoms with van der Waals surface area (Å²) in [5, 5.41) is 14.0. The summed E-state index contributed by atoms with van der Waals surface area (Å²) in [6.45, 7) is 0.335. The average molecular weight is 474 g/mol. The molecule has 3 unspecified atom stereocenters. The molecule has 4 rings (SSSR count). The summed E-state index contributed by atoms with van der Waals surface area (Å²) in [6, 6.07) is 19.6. The number of ether oxygens (including phenoxy) is 1. The van der Waals surface area contributed by atoms with Gasteiger partial charge in [0.1, 0.15) is 0 Å². The van der Waals surface area contributed by atoms with E-state index in [4.69, 9.17) is 4.74 Å². The molecule has 1 amide bonds. The van der Waals surface area contributed by atoms with Gasteiger partial charge in [0.2, 0.25) is 0 Å². The van der Waals surface area contributed by atoms with Crippen molar-refractivity contribution in [3.63, 3.8) is 0 Å². The van der Waals surface area contributed by atoms with Crippen molar-refractivity contribution in [2.45, 2.75) is 44.0 Å². The van der Waals surface area contributed by atoms with E-state index in [-0.39, 0.29) is 11.9 Å². The average Bonchev–Trinajstić information content (AvgIpc) is 2.87. The van der Waals surface area contributed by atoms with Crippen molar-refractivity contribution < 1.29 is 19.4 Å². The smallest absolute Gasteiger partial charge is 0.339 e. The zero-order valence-electron chi connectivity index (χ0n) is 20.1. The molecule has 1 aliphatic heterocycles. The summed E-state index contributed by atoms with van der Waals surface area (Å²) in [5.41, 5.74) is 3.84. The lowest BCUT2D eigenvalue weighted by Crippen LogP contribution is -2.55. The molecule has 1 saturated heterocycles. The number of esters is 1. The first-order valence-corrected chi connectivity index (χ1v) is 11.8. The Morgan fingerprint density at radius 3 is 2.49 bits per heavy atom. The number of carbonyl (C=O) groups excluding carboxylic acids is 2. The van der Waals surface area contributed by atoms with Crippen molar-refractivity contribution in [1.29, 1.82) is 0 Å². The number of nitrogens with one attached hydrogen (secondary N) is 1. The molecule has 182 valence electrons. The van der Waals surface area contributed by atoms with E-state index in [0.29, 0.717) is 23.7 Å². The van der Waals surface area contributed by atoms with E-state index in [0.717, 1.165) is 30.4 Å². The quantitative estimate of drug-likeness (QED) is 0.462. The van der Waals surface area contributed by atoms with E-state index in [2.05, 4.69) is 10.3 Å². The number of hydrogen-bond donors (Lipinski definition) is 2. The van der Waals surface area contributed by atoms with Crippen molar-refractivity contribution in [3.05, 3.63) is 101 Å². The number of benzene rings is 2. The fraction of sp³-hybridized carbons (Fsp3) is 0.321. The zero-order valence-corrected chi connectivity index (χ0v) is 20.1. The fourth-order valence-electron chi connectivity index (χ4n) is 4.41. The lowest BCUT2D eigenvalue weighted by atomic mass is 9.86. The van der Waals surface area contributed by atoms with Crippen LogP contribution in [-0.2, 0) is 17.7 Å². The molecule has 2 heterocycles. The van der Waals surface area contributed by atoms with E-state index in [1.165, 1.54) is 18.9 Å². The van der Waals surface area contributed by atoms with Gasteiger partial charge in [-0.3, -0.25) is 9.78 Å². The number of aryl methyl sites for hydroxylation is 1. The Morgan fingerprint density at radius 1 is 1.09 bits per heavy atom. The normalized spacial score (nSPS) is 17.8. The molecule has 0 radical (unpaired) electrons. The number of aromatic nitrogens is 1. The summed E-state index contributed by atoms with van der Waals surface area (Å²) in [4.78, 5) is 30.2. The van der Waals surface area contributed by atoms with E-state index < -0.39 is 12.1 Å². The summed E-state index contributed by atoms with van der Waals surface area (Å²) in [5.74, 6) is -0.553. The number of rotatable bonds is 9. The van der Waals surface area contributed by atoms with Crippen LogP contribution < -0.4 is 5.32 Å². The predicted octanol–water partition coefficient (Wildman–Crippen LogP) is 3.54. The second-order valence-corrected chi connectivity index (χ2v) is 9.03. The van der Waals surface area contributed by atoms with Crippen LogP contribution >= 0.6 is 0 Å². The highest BCUT2D eigenvalue weighted by Crippen LogP contribution is 2.28. The largest absolute Gasteiger partial charge is 0.465 e. The molecule has 2 N–H and O–H groups in total. The molecule has 35 heavy (non-hydrogen) atoms. The van der Waals surface area contributed by atoms with Crippen molar-refractivity contribution in [2.75, 3.05) is 14.2 Å². The Hall–Kier alpha value is -3.55. The monoisotopic (exact) mass is 473 g/mol. The molecule has 3 atom stereocenters. The van der Waals surface area contributed by atoms with Gasteiger partial charge in [-0.2, -0.15) is 0 Å². The lowest BCUT2D eigenvalue weighted by Gasteiger charge is -2.40. The van der Waals surface area contributed by atoms with Crippen LogP contribution in [0.15, 0.2) is 73.1 Å². The lowest BCUT2D eigenvalue weighted by molar-refractivity contribution is 0.0600. The van der Waals surface area contributed by atoms with Gasteiger partial charge in [-0.05, 0) is 54.2 Å². The highest BCUT2D eigenvalue weighted by atomic mass is 16.5. The van der Waals surface area contributed by atoms with Crippen LogP contribution in [0.1, 0.15) is 56.4 Å². The van der Waals surface area contributed by atoms with Crippen molar-refractivity contribution >= 4 is 11.9 Å². The molecule has 1 aromatic heterocycles. The Balaban J connectivity index is 1.24. The van der Waals surface area contributed by atoms with E-state index in [1.54, 1.807) is 24.2 Å². The van der Waals surface area contributed by atoms with E-state index >= 15 is 0 Å². The molecular weight excluding hydrogens is 442 g/mol. The minimum absolute atomic E-state index is 0.0986. The van der Waals surface area contributed by atoms with Gasteiger partial charge in [-0.1, -0.05) is 42.5 Å². The van der Waals surface area contributed by atoms with Gasteiger partial charge < -0.3 is 20.1 Å². The van der Waals surface area contributed by atoms with Crippen molar-refractivity contribution in [1.82, 2.24) is 15.2 Å². The molecule has 2 aromatic carbocycles. The standard InChI is InChI=1S/C28H31N3O4/c1-31(18-20-14-23(17-29-16-20)28(34)35-2)27(33)22-11-8-19(9-12-22)10-13-24-15-25(30-24)26(32)21-6-4-3-5-7-21/h3-9,11-12,14,16-17,24-26,30,32H,10,13,15,18H2,1-2H3. The molecular formula is C28H31N3O4. The molecule has 0 bridgehead atoms. The maximum atomic E-state index is 12.9. The highest BCUT2D eigenvalue weighted by molar-refractivity contribution is 5.94. The SMILES string of the molecule is COC(=O)c1cncc(CN(C)C(=O)c2ccc(CCC3CC(C(O)c4ccccc4)N3)cc2)c1. The number of amides is 1. The van der Waals surface area contributed by atoms with Crippen LogP contribution in [0.5, 0.6) is 0 Å². The van der Waals surface area contributed by atoms with Gasteiger partial charge in [0.15, 0.2) is 0 Å². The second kappa shape index (κ2) is 11.3. The summed E-state index contributed by atoms with van der Waals surface area (Å²) in [7, 11) is 3.05. The zero-order chi connectivity index (χ0) is 24.8. The van der Waals surface area contributed by atoms with Crippen LogP contribution in [0.4, 0.5) is 0 Å². The maximum Gasteiger partial charge on any atom is 0.339 e. The van der Waals surface area contributed by atoms with Gasteiger partial charge in [0.25, 0.3) is 5.91 Å². The van der Waals surface area contributed by atoms with Crippen molar-refractivity contribution in [2.24, 2.45) is 0 Å². The topological polar surface area (TPSA) is 91.8 Å². The molecule has 7 nitrogen and oxygen atoms in total. The fourth-order valence-corrected chi connectivity index (χ4v) is 4.41. The minimum atomic E-state index is -0.478. The first-order chi connectivity index (χ1) is 16.9. The third kappa shape index (κ3) is 6.12. The van der Waals surface area contributed by atoms with Crippen LogP contribution in [-0.4, -0.2) is 53.1 Å². The number of aliphatic hydroxyl groups is 1. The van der Waals surface area contributed by atoms with Crippen molar-refractivity contribution in [3.8, 4) is 0 Å². The van der Waals surface area contributed by atoms with Gasteiger partial charge >= 0.3 is 5.97 Å². The molecule has 7 heteroatoms. The van der Waals surface area contributed by atoms with Crippen LogP contribution in [0.25, 0.3) is 0 Å². The van der Waals surface area contributed by atoms with Gasteiger partial charge in [0.05, 0.1) is 18.8 Å². The Morgan fingerprint density at radius 2 is 1.80 bits per heavy atom. The minimum Gasteiger partial charge on any atom is -0.465 e. The first kappa shape index (κ1) is 24.6.